The van der Waals surface area contributed by atoms with E-state index in [1.165, 1.54) is 30.0 Å². The lowest BCUT2D eigenvalue weighted by atomic mass is 10.1. The first-order valence-electron chi connectivity index (χ1n) is 7.83. The van der Waals surface area contributed by atoms with Gasteiger partial charge in [-0.2, -0.15) is 0 Å². The van der Waals surface area contributed by atoms with Crippen molar-refractivity contribution in [1.82, 2.24) is 0 Å². The fourth-order valence-electron chi connectivity index (χ4n) is 2.80. The Bertz CT molecular complexity index is 994. The Labute approximate surface area is 173 Å². The zero-order chi connectivity index (χ0) is 19.9. The van der Waals surface area contributed by atoms with Gasteiger partial charge in [0, 0.05) is 23.4 Å². The number of thiol groups is 1. The summed E-state index contributed by atoms with van der Waals surface area (Å²) in [6.45, 7) is 3.90. The highest BCUT2D eigenvalue weighted by molar-refractivity contribution is 9.10. The number of aromatic hydroxyl groups is 1. The van der Waals surface area contributed by atoms with E-state index in [2.05, 4.69) is 28.6 Å². The van der Waals surface area contributed by atoms with Gasteiger partial charge >= 0.3 is 0 Å². The number of carbonyl (C=O) groups is 1. The number of hydrogen-bond acceptors (Lipinski definition) is 6. The molecule has 0 radical (unpaired) electrons. The van der Waals surface area contributed by atoms with E-state index >= 15 is 0 Å². The van der Waals surface area contributed by atoms with E-state index in [1.807, 2.05) is 32.0 Å². The van der Waals surface area contributed by atoms with E-state index in [4.69, 9.17) is 0 Å². The number of rotatable bonds is 3. The number of nitrogens with zero attached hydrogens (tertiary/aromatic N) is 2. The number of non-ortho nitro benzene ring substituents is 1. The van der Waals surface area contributed by atoms with Gasteiger partial charge < -0.3 is 5.11 Å². The number of benzene rings is 2. The molecule has 1 aliphatic heterocycles. The largest absolute Gasteiger partial charge is 0.506 e. The predicted octanol–water partition coefficient (Wildman–Crippen LogP) is 5.01. The fourth-order valence-corrected chi connectivity index (χ4v) is 4.77. The van der Waals surface area contributed by atoms with Crippen molar-refractivity contribution in [3.8, 4) is 5.75 Å². The van der Waals surface area contributed by atoms with Gasteiger partial charge in [-0.15, -0.1) is 12.6 Å². The van der Waals surface area contributed by atoms with Gasteiger partial charge in [0.25, 0.3) is 11.6 Å². The Morgan fingerprint density at radius 2 is 2.04 bits per heavy atom. The number of nitro benzene ring substituents is 1. The van der Waals surface area contributed by atoms with Crippen LogP contribution in [0.3, 0.4) is 0 Å². The quantitative estimate of drug-likeness (QED) is 0.287. The molecule has 1 aliphatic rings. The minimum Gasteiger partial charge on any atom is -0.506 e. The van der Waals surface area contributed by atoms with Crippen LogP contribution in [-0.4, -0.2) is 20.6 Å². The second-order valence-corrected chi connectivity index (χ2v) is 8.86. The second-order valence-electron chi connectivity index (χ2n) is 6.04. The molecule has 2 aromatic rings. The number of phenolic OH excluding ortho intramolecular Hbond substituents is 1. The molecule has 1 unspecified atom stereocenters. The monoisotopic (exact) mass is 466 g/mol. The highest BCUT2D eigenvalue weighted by Gasteiger charge is 2.36. The van der Waals surface area contributed by atoms with Crippen LogP contribution in [0, 0.1) is 24.0 Å². The van der Waals surface area contributed by atoms with Crippen LogP contribution in [0.4, 0.5) is 11.4 Å². The summed E-state index contributed by atoms with van der Waals surface area (Å²) in [4.78, 5) is 25.4. The lowest BCUT2D eigenvalue weighted by molar-refractivity contribution is -0.385. The van der Waals surface area contributed by atoms with Crippen molar-refractivity contribution in [2.45, 2.75) is 18.6 Å². The third kappa shape index (κ3) is 3.85. The van der Waals surface area contributed by atoms with E-state index in [0.29, 0.717) is 4.91 Å². The molecule has 1 fully saturated rings. The van der Waals surface area contributed by atoms with Crippen LogP contribution in [-0.2, 0) is 4.79 Å². The van der Waals surface area contributed by atoms with Crippen molar-refractivity contribution >= 4 is 63.7 Å². The van der Waals surface area contributed by atoms with Crippen molar-refractivity contribution in [1.29, 1.82) is 0 Å². The van der Waals surface area contributed by atoms with Crippen LogP contribution in [0.1, 0.15) is 16.7 Å². The molecular formula is C18H15BrN2O4S2. The first kappa shape index (κ1) is 19.8. The van der Waals surface area contributed by atoms with Crippen molar-refractivity contribution in [2.75, 3.05) is 4.90 Å². The summed E-state index contributed by atoms with van der Waals surface area (Å²) >= 11 is 8.83. The molecule has 1 atom stereocenters. The summed E-state index contributed by atoms with van der Waals surface area (Å²) in [6, 6.07) is 8.22. The molecule has 9 heteroatoms. The summed E-state index contributed by atoms with van der Waals surface area (Å²) in [6.07, 6.45) is 1.45. The molecule has 1 amide bonds. The number of nitro groups is 1. The number of aryl methyl sites for hydroxylation is 2. The first-order chi connectivity index (χ1) is 12.7. The van der Waals surface area contributed by atoms with Gasteiger partial charge in [0.15, 0.2) is 0 Å². The number of thioether (sulfide) groups is 1. The number of amides is 1. The maximum atomic E-state index is 12.9. The van der Waals surface area contributed by atoms with Crippen LogP contribution >= 0.6 is 40.3 Å². The van der Waals surface area contributed by atoms with Gasteiger partial charge in [-0.1, -0.05) is 29.5 Å². The highest BCUT2D eigenvalue weighted by atomic mass is 79.9. The summed E-state index contributed by atoms with van der Waals surface area (Å²) < 4.78 is -0.248. The van der Waals surface area contributed by atoms with Crippen molar-refractivity contribution in [3.05, 3.63) is 66.5 Å². The highest BCUT2D eigenvalue weighted by Crippen LogP contribution is 2.43. The van der Waals surface area contributed by atoms with E-state index in [1.54, 1.807) is 4.90 Å². The topological polar surface area (TPSA) is 83.7 Å². The summed E-state index contributed by atoms with van der Waals surface area (Å²) in [7, 11) is 0. The normalized spacial score (nSPS) is 18.4. The Morgan fingerprint density at radius 3 is 2.67 bits per heavy atom. The van der Waals surface area contributed by atoms with E-state index in [-0.39, 0.29) is 27.4 Å². The van der Waals surface area contributed by atoms with E-state index < -0.39 is 9.63 Å². The minimum atomic E-state index is -0.556. The minimum absolute atomic E-state index is 0.165. The molecule has 2 aromatic carbocycles. The molecule has 1 saturated heterocycles. The first-order valence-corrected chi connectivity index (χ1v) is 10.0. The molecule has 3 rings (SSSR count). The molecule has 6 nitrogen and oxygen atoms in total. The van der Waals surface area contributed by atoms with Crippen LogP contribution < -0.4 is 4.90 Å². The predicted molar refractivity (Wildman–Crippen MR) is 114 cm³/mol. The molecule has 27 heavy (non-hydrogen) atoms. The van der Waals surface area contributed by atoms with Gasteiger partial charge in [0.1, 0.15) is 10.5 Å². The van der Waals surface area contributed by atoms with Crippen LogP contribution in [0.2, 0.25) is 0 Å². The lowest BCUT2D eigenvalue weighted by Gasteiger charge is -2.21. The Morgan fingerprint density at radius 1 is 1.33 bits per heavy atom. The lowest BCUT2D eigenvalue weighted by Crippen LogP contribution is -2.29. The molecule has 0 saturated carbocycles. The van der Waals surface area contributed by atoms with Crippen LogP contribution in [0.5, 0.6) is 5.75 Å². The molecule has 1 N–H and O–H groups in total. The van der Waals surface area contributed by atoms with Crippen LogP contribution in [0.15, 0.2) is 39.7 Å². The summed E-state index contributed by atoms with van der Waals surface area (Å²) in [5, 5.41) is 21.3. The molecule has 0 aliphatic carbocycles. The molecule has 0 aromatic heterocycles. The standard InChI is InChI=1S/C18H15BrN2O4S2/c1-9-3-4-14(10(2)5-9)20-17(23)15(27-18(20)26)7-11-6-12(21(24)25)8-13(19)16(11)22/h3-8,18,22,26H,1-2H3/b15-7-. The SMILES string of the molecule is Cc1ccc(N2C(=O)/C(=C/c3cc([N+](=O)[O-])cc(Br)c3O)SC2S)c(C)c1. The number of phenols is 1. The van der Waals surface area contributed by atoms with Gasteiger partial charge in [-0.05, 0) is 47.5 Å². The molecule has 140 valence electrons. The van der Waals surface area contributed by atoms with Gasteiger partial charge in [0.05, 0.1) is 14.3 Å². The van der Waals surface area contributed by atoms with E-state index in [0.717, 1.165) is 16.8 Å². The van der Waals surface area contributed by atoms with Crippen molar-refractivity contribution < 1.29 is 14.8 Å². The average Bonchev–Trinajstić information content (AvgIpc) is 2.86. The van der Waals surface area contributed by atoms with Gasteiger partial charge in [-0.3, -0.25) is 19.8 Å². The Kier molecular flexibility index (Phi) is 5.55. The summed E-state index contributed by atoms with van der Waals surface area (Å²) in [5.74, 6) is -0.434. The number of anilines is 1. The smallest absolute Gasteiger partial charge is 0.271 e. The molecule has 0 bridgehead atoms. The number of halogens is 1. The number of hydrogen-bond donors (Lipinski definition) is 2. The molecule has 0 spiro atoms. The Balaban J connectivity index is 2.02. The number of carbonyl (C=O) groups excluding carboxylic acids is 1. The van der Waals surface area contributed by atoms with Gasteiger partial charge in [0.2, 0.25) is 0 Å². The maximum Gasteiger partial charge on any atom is 0.271 e. The van der Waals surface area contributed by atoms with Crippen LogP contribution in [0.25, 0.3) is 6.08 Å². The zero-order valence-corrected chi connectivity index (χ0v) is 17.6. The Hall–Kier alpha value is -1.97. The maximum absolute atomic E-state index is 12.9. The fraction of sp³-hybridized carbons (Fsp3) is 0.167. The summed E-state index contributed by atoms with van der Waals surface area (Å²) in [5.41, 5.74) is 2.80. The van der Waals surface area contributed by atoms with Gasteiger partial charge in [-0.25, -0.2) is 0 Å². The third-order valence-electron chi connectivity index (χ3n) is 4.07. The zero-order valence-electron chi connectivity index (χ0n) is 14.3. The van der Waals surface area contributed by atoms with Crippen molar-refractivity contribution in [2.24, 2.45) is 0 Å². The molecule has 1 heterocycles. The average molecular weight is 467 g/mol. The second kappa shape index (κ2) is 7.57. The third-order valence-corrected chi connectivity index (χ3v) is 6.19. The van der Waals surface area contributed by atoms with E-state index in [9.17, 15) is 20.0 Å². The molecular weight excluding hydrogens is 452 g/mol. The van der Waals surface area contributed by atoms with Crippen molar-refractivity contribution in [3.63, 3.8) is 0 Å².